The Balaban J connectivity index is 0.00000264. The van der Waals surface area contributed by atoms with Crippen LogP contribution in [0.2, 0.25) is 13.1 Å². The fraction of sp³-hybridized carbons (Fsp3) is 0.600. The van der Waals surface area contributed by atoms with Gasteiger partial charge >= 0.3 is 147 Å². The first-order chi connectivity index (χ1) is 10.1. The molecule has 0 saturated carbocycles. The van der Waals surface area contributed by atoms with Gasteiger partial charge in [-0.3, -0.25) is 0 Å². The van der Waals surface area contributed by atoms with Crippen LogP contribution in [0.1, 0.15) is 55.4 Å². The number of halogens is 2. The van der Waals surface area contributed by atoms with Gasteiger partial charge in [-0.05, 0) is 0 Å². The Morgan fingerprint density at radius 3 is 1.08 bits per heavy atom. The molecule has 0 fully saturated rings. The van der Waals surface area contributed by atoms with Crippen LogP contribution >= 0.6 is 0 Å². The summed E-state index contributed by atoms with van der Waals surface area (Å²) in [6.07, 6.45) is 0. The molecule has 0 aromatic carbocycles. The molecule has 0 aromatic rings. The van der Waals surface area contributed by atoms with Crippen molar-refractivity contribution in [2.45, 2.75) is 68.5 Å². The molecule has 4 heteroatoms. The molecule has 0 spiro atoms. The third-order valence-corrected chi connectivity index (χ3v) is 26.6. The monoisotopic (exact) mass is 645 g/mol. The topological polar surface area (TPSA) is 0 Å². The molecule has 0 bridgehead atoms. The molecule has 2 rings (SSSR count). The molecule has 2 unspecified atom stereocenters. The average molecular weight is 647 g/mol. The van der Waals surface area contributed by atoms with Gasteiger partial charge in [-0.1, -0.05) is 0 Å². The summed E-state index contributed by atoms with van der Waals surface area (Å²) >= 11 is -1.69. The van der Waals surface area contributed by atoms with Crippen molar-refractivity contribution in [1.82, 2.24) is 0 Å². The summed E-state index contributed by atoms with van der Waals surface area (Å²) in [6, 6.07) is 0. The minimum atomic E-state index is -1.69. The van der Waals surface area contributed by atoms with Gasteiger partial charge in [-0.25, -0.2) is 0 Å². The fourth-order valence-corrected chi connectivity index (χ4v) is 27.3. The largest absolute Gasteiger partial charge is 1.00 e. The van der Waals surface area contributed by atoms with E-state index in [-0.39, 0.29) is 48.0 Å². The number of allylic oxidation sites excluding steroid dienone is 8. The second-order valence-electron chi connectivity index (χ2n) is 7.71. The first kappa shape index (κ1) is 25.5. The minimum absolute atomic E-state index is 0. The van der Waals surface area contributed by atoms with Crippen LogP contribution in [0.4, 0.5) is 0 Å². The summed E-state index contributed by atoms with van der Waals surface area (Å²) < 4.78 is 3.89. The zero-order valence-electron chi connectivity index (χ0n) is 17.0. The molecular formula is C20H33I2SiZr. The third kappa shape index (κ3) is 4.16. The van der Waals surface area contributed by atoms with E-state index in [9.17, 15) is 0 Å². The summed E-state index contributed by atoms with van der Waals surface area (Å²) in [5.74, 6) is 0.814. The molecule has 2 aliphatic carbocycles. The zero-order valence-corrected chi connectivity index (χ0v) is 24.9. The summed E-state index contributed by atoms with van der Waals surface area (Å²) in [4.78, 5) is 0. The van der Waals surface area contributed by atoms with E-state index in [0.29, 0.717) is 0 Å². The van der Waals surface area contributed by atoms with E-state index in [1.165, 1.54) is 0 Å². The first-order valence-electron chi connectivity index (χ1n) is 8.75. The number of rotatable bonds is 3. The van der Waals surface area contributed by atoms with Crippen molar-refractivity contribution in [2.75, 3.05) is 0 Å². The first-order valence-corrected chi connectivity index (χ1v) is 18.4. The maximum atomic E-state index is 2.63. The fourth-order valence-electron chi connectivity index (χ4n) is 4.37. The van der Waals surface area contributed by atoms with Crippen LogP contribution in [0, 0.1) is 11.8 Å². The summed E-state index contributed by atoms with van der Waals surface area (Å²) in [5, 5.41) is 0. The molecule has 0 heterocycles. The number of hydrogen-bond acceptors (Lipinski definition) is 0. The summed E-state index contributed by atoms with van der Waals surface area (Å²) in [5.41, 5.74) is 9.84. The molecule has 2 aliphatic rings. The van der Waals surface area contributed by atoms with Gasteiger partial charge in [0.2, 0.25) is 0 Å². The SMILES string of the molecule is CC1=C(C)C(C)[C]([Zr+2]([C]2=C(C)C(C)=C(C)C2C)[SiH](C)C)=C1C.[I-].[I-]. The molecule has 0 amide bonds. The van der Waals surface area contributed by atoms with Crippen LogP contribution in [-0.2, 0) is 20.9 Å². The molecule has 24 heavy (non-hydrogen) atoms. The molecule has 0 aliphatic heterocycles. The van der Waals surface area contributed by atoms with E-state index < -0.39 is 26.8 Å². The van der Waals surface area contributed by atoms with Crippen LogP contribution in [0.15, 0.2) is 40.0 Å². The van der Waals surface area contributed by atoms with Gasteiger partial charge in [0.25, 0.3) is 0 Å². The number of hydrogen-bond donors (Lipinski definition) is 0. The van der Waals surface area contributed by atoms with Crippen molar-refractivity contribution in [2.24, 2.45) is 11.8 Å². The Labute approximate surface area is 193 Å². The van der Waals surface area contributed by atoms with Crippen LogP contribution in [0.25, 0.3) is 0 Å². The maximum absolute atomic E-state index is 2.63. The van der Waals surface area contributed by atoms with Gasteiger partial charge in [0.1, 0.15) is 0 Å². The smallest absolute Gasteiger partial charge is 1.00 e. The van der Waals surface area contributed by atoms with Gasteiger partial charge in [0.05, 0.1) is 0 Å². The third-order valence-electron chi connectivity index (χ3n) is 6.44. The molecule has 0 aromatic heterocycles. The van der Waals surface area contributed by atoms with Gasteiger partial charge in [0, 0.05) is 0 Å². The van der Waals surface area contributed by atoms with E-state index in [0.717, 1.165) is 11.8 Å². The van der Waals surface area contributed by atoms with Crippen LogP contribution in [0.5, 0.6) is 0 Å². The van der Waals surface area contributed by atoms with E-state index in [1.54, 1.807) is 33.4 Å². The molecular weight excluding hydrogens is 613 g/mol. The molecule has 0 radical (unpaired) electrons. The Hall–Kier alpha value is 1.52. The van der Waals surface area contributed by atoms with Crippen molar-refractivity contribution in [1.29, 1.82) is 0 Å². The van der Waals surface area contributed by atoms with Crippen molar-refractivity contribution in [3.8, 4) is 0 Å². The second kappa shape index (κ2) is 9.64. The van der Waals surface area contributed by atoms with Crippen molar-refractivity contribution in [3.05, 3.63) is 40.0 Å². The molecule has 0 saturated heterocycles. The average Bonchev–Trinajstić information content (AvgIpc) is 2.76. The molecule has 0 N–H and O–H groups in total. The van der Waals surface area contributed by atoms with E-state index in [4.69, 9.17) is 0 Å². The molecule has 135 valence electrons. The Bertz CT molecular complexity index is 586. The van der Waals surface area contributed by atoms with E-state index in [2.05, 4.69) is 68.5 Å². The summed E-state index contributed by atoms with van der Waals surface area (Å²) in [7, 11) is 0. The van der Waals surface area contributed by atoms with Gasteiger partial charge in [-0.2, -0.15) is 0 Å². The Morgan fingerprint density at radius 1 is 0.625 bits per heavy atom. The van der Waals surface area contributed by atoms with Gasteiger partial charge < -0.3 is 48.0 Å². The Morgan fingerprint density at radius 2 is 0.917 bits per heavy atom. The second-order valence-corrected chi connectivity index (χ2v) is 26.6. The minimum Gasteiger partial charge on any atom is -1.00 e. The van der Waals surface area contributed by atoms with Crippen LogP contribution < -0.4 is 48.0 Å². The molecule has 2 atom stereocenters. The molecule has 0 nitrogen and oxygen atoms in total. The van der Waals surface area contributed by atoms with Crippen LogP contribution in [-0.4, -0.2) is 5.92 Å². The van der Waals surface area contributed by atoms with Gasteiger partial charge in [0.15, 0.2) is 0 Å². The van der Waals surface area contributed by atoms with E-state index >= 15 is 0 Å². The predicted octanol–water partition coefficient (Wildman–Crippen LogP) is 0.116. The van der Waals surface area contributed by atoms with Gasteiger partial charge in [-0.15, -0.1) is 0 Å². The Kier molecular flexibility index (Phi) is 10.2. The standard InChI is InChI=1S/2C9H13.C2H7Si.2HI.Zr/c2*1-6-5-7(2)9(4)8(6)3;1-3-2;;;/h2*6H,1-4H3;3H,1-2H3;2*1H;/q;;;;;+2/p-2. The summed E-state index contributed by atoms with van der Waals surface area (Å²) in [6.45, 7) is 24.5. The van der Waals surface area contributed by atoms with E-state index in [1.807, 2.05) is 6.56 Å². The van der Waals surface area contributed by atoms with Crippen LogP contribution in [0.3, 0.4) is 0 Å². The quantitative estimate of drug-likeness (QED) is 0.302. The maximum Gasteiger partial charge on any atom is -1.00 e. The zero-order chi connectivity index (χ0) is 16.9. The predicted molar refractivity (Wildman–Crippen MR) is 99.4 cm³/mol. The van der Waals surface area contributed by atoms with Crippen molar-refractivity contribution >= 4 is 5.92 Å². The normalized spacial score (nSPS) is 24.1. The van der Waals surface area contributed by atoms with Crippen molar-refractivity contribution in [3.63, 3.8) is 0 Å². The van der Waals surface area contributed by atoms with Crippen molar-refractivity contribution < 1.29 is 68.9 Å².